The molecular weight excluding hydrogens is 220 g/mol. The maximum absolute atomic E-state index is 11.5. The predicted octanol–water partition coefficient (Wildman–Crippen LogP) is 0.622. The van der Waals surface area contributed by atoms with Gasteiger partial charge >= 0.3 is 5.97 Å². The maximum Gasteiger partial charge on any atom is 0.323 e. The minimum atomic E-state index is -0.625. The van der Waals surface area contributed by atoms with E-state index in [1.165, 1.54) is 7.11 Å². The molecule has 1 heterocycles. The molecule has 92 valence electrons. The third-order valence-electron chi connectivity index (χ3n) is 3.36. The highest BCUT2D eigenvalue weighted by atomic mass is 16.5. The molecule has 0 aliphatic heterocycles. The first-order valence-corrected chi connectivity index (χ1v) is 5.48. The molecule has 5 heteroatoms. The van der Waals surface area contributed by atoms with Crippen LogP contribution in [0.1, 0.15) is 18.4 Å². The highest BCUT2D eigenvalue weighted by Crippen LogP contribution is 2.50. The third kappa shape index (κ3) is 1.98. The summed E-state index contributed by atoms with van der Waals surface area (Å²) in [5, 5.41) is 0. The van der Waals surface area contributed by atoms with Gasteiger partial charge in [0.25, 0.3) is 0 Å². The molecule has 1 fully saturated rings. The topological polar surface area (TPSA) is 74.4 Å². The van der Waals surface area contributed by atoms with Gasteiger partial charge in [0.15, 0.2) is 0 Å². The second-order valence-corrected chi connectivity index (χ2v) is 4.24. The summed E-state index contributed by atoms with van der Waals surface area (Å²) in [5.74, 6) is 0.157. The Morgan fingerprint density at radius 2 is 2.24 bits per heavy atom. The molecule has 1 aliphatic carbocycles. The zero-order valence-electron chi connectivity index (χ0n) is 9.97. The minimum Gasteiger partial charge on any atom is -0.481 e. The molecular formula is C12H16N2O3. The molecule has 2 rings (SSSR count). The predicted molar refractivity (Wildman–Crippen MR) is 61.7 cm³/mol. The van der Waals surface area contributed by atoms with Crippen LogP contribution in [-0.2, 0) is 14.9 Å². The molecule has 2 N–H and O–H groups in total. The van der Waals surface area contributed by atoms with Gasteiger partial charge in [-0.15, -0.1) is 0 Å². The zero-order chi connectivity index (χ0) is 12.5. The smallest absolute Gasteiger partial charge is 0.323 e. The summed E-state index contributed by atoms with van der Waals surface area (Å²) in [7, 11) is 2.91. The molecule has 1 aromatic heterocycles. The van der Waals surface area contributed by atoms with Crippen LogP contribution in [0, 0.1) is 0 Å². The number of nitrogens with zero attached hydrogens (tertiary/aromatic N) is 1. The van der Waals surface area contributed by atoms with Crippen LogP contribution in [-0.4, -0.2) is 31.2 Å². The van der Waals surface area contributed by atoms with Gasteiger partial charge in [0.1, 0.15) is 6.04 Å². The van der Waals surface area contributed by atoms with E-state index in [9.17, 15) is 4.79 Å². The van der Waals surface area contributed by atoms with Crippen LogP contribution < -0.4 is 10.5 Å². The standard InChI is InChI=1S/C12H16N2O3/c1-16-9-7-8(3-6-14-9)12(4-5-12)10(13)11(15)17-2/h3,6-7,10H,4-5,13H2,1-2H3. The highest BCUT2D eigenvalue weighted by molar-refractivity contribution is 5.78. The minimum absolute atomic E-state index is 0.302. The van der Waals surface area contributed by atoms with E-state index in [4.69, 9.17) is 15.2 Å². The van der Waals surface area contributed by atoms with E-state index in [0.717, 1.165) is 18.4 Å². The van der Waals surface area contributed by atoms with Crippen molar-refractivity contribution in [2.24, 2.45) is 5.73 Å². The lowest BCUT2D eigenvalue weighted by atomic mass is 9.89. The van der Waals surface area contributed by atoms with Crippen LogP contribution in [0.3, 0.4) is 0 Å². The van der Waals surface area contributed by atoms with E-state index in [1.807, 2.05) is 12.1 Å². The first kappa shape index (κ1) is 11.9. The fourth-order valence-electron chi connectivity index (χ4n) is 2.10. The van der Waals surface area contributed by atoms with Crippen LogP contribution >= 0.6 is 0 Å². The lowest BCUT2D eigenvalue weighted by Gasteiger charge is -2.21. The molecule has 1 aromatic rings. The van der Waals surface area contributed by atoms with Crippen molar-refractivity contribution in [1.82, 2.24) is 4.98 Å². The van der Waals surface area contributed by atoms with E-state index < -0.39 is 6.04 Å². The number of aromatic nitrogens is 1. The molecule has 0 radical (unpaired) electrons. The van der Waals surface area contributed by atoms with Crippen molar-refractivity contribution in [3.8, 4) is 5.88 Å². The number of esters is 1. The Morgan fingerprint density at radius 1 is 1.53 bits per heavy atom. The molecule has 0 spiro atoms. The number of hydrogen-bond acceptors (Lipinski definition) is 5. The summed E-state index contributed by atoms with van der Waals surface area (Å²) in [5.41, 5.74) is 6.64. The fourth-order valence-corrected chi connectivity index (χ4v) is 2.10. The summed E-state index contributed by atoms with van der Waals surface area (Å²) in [6, 6.07) is 3.08. The van der Waals surface area contributed by atoms with Crippen LogP contribution in [0.15, 0.2) is 18.3 Å². The summed E-state index contributed by atoms with van der Waals surface area (Å²) >= 11 is 0. The number of methoxy groups -OCH3 is 2. The first-order chi connectivity index (χ1) is 8.14. The summed E-state index contributed by atoms with van der Waals surface area (Å²) < 4.78 is 9.78. The van der Waals surface area contributed by atoms with Gasteiger partial charge in [-0.1, -0.05) is 0 Å². The number of rotatable bonds is 4. The van der Waals surface area contributed by atoms with E-state index in [1.54, 1.807) is 13.3 Å². The van der Waals surface area contributed by atoms with Gasteiger partial charge in [-0.3, -0.25) is 4.79 Å². The van der Waals surface area contributed by atoms with Gasteiger partial charge < -0.3 is 15.2 Å². The Labute approximate surface area is 99.9 Å². The number of pyridine rings is 1. The quantitative estimate of drug-likeness (QED) is 0.776. The Morgan fingerprint density at radius 3 is 2.76 bits per heavy atom. The molecule has 0 bridgehead atoms. The van der Waals surface area contributed by atoms with Crippen molar-refractivity contribution in [1.29, 1.82) is 0 Å². The molecule has 1 unspecified atom stereocenters. The average molecular weight is 236 g/mol. The average Bonchev–Trinajstić information content (AvgIpc) is 3.18. The number of hydrogen-bond donors (Lipinski definition) is 1. The van der Waals surface area contributed by atoms with Crippen molar-refractivity contribution >= 4 is 5.97 Å². The van der Waals surface area contributed by atoms with Crippen LogP contribution in [0.5, 0.6) is 5.88 Å². The van der Waals surface area contributed by atoms with Gasteiger partial charge in [-0.05, 0) is 24.5 Å². The van der Waals surface area contributed by atoms with E-state index in [0.29, 0.717) is 5.88 Å². The Bertz CT molecular complexity index is 430. The zero-order valence-corrected chi connectivity index (χ0v) is 9.97. The largest absolute Gasteiger partial charge is 0.481 e. The van der Waals surface area contributed by atoms with Gasteiger partial charge in [-0.2, -0.15) is 0 Å². The summed E-state index contributed by atoms with van der Waals surface area (Å²) in [6.07, 6.45) is 3.44. The second-order valence-electron chi connectivity index (χ2n) is 4.24. The van der Waals surface area contributed by atoms with Crippen LogP contribution in [0.25, 0.3) is 0 Å². The molecule has 0 aromatic carbocycles. The second kappa shape index (κ2) is 4.33. The molecule has 5 nitrogen and oxygen atoms in total. The Hall–Kier alpha value is -1.62. The molecule has 17 heavy (non-hydrogen) atoms. The molecule has 0 amide bonds. The lowest BCUT2D eigenvalue weighted by Crippen LogP contribution is -2.42. The van der Waals surface area contributed by atoms with Crippen molar-refractivity contribution < 1.29 is 14.3 Å². The van der Waals surface area contributed by atoms with Crippen molar-refractivity contribution in [3.63, 3.8) is 0 Å². The fraction of sp³-hybridized carbons (Fsp3) is 0.500. The highest BCUT2D eigenvalue weighted by Gasteiger charge is 2.52. The molecule has 0 saturated heterocycles. The van der Waals surface area contributed by atoms with Gasteiger partial charge in [-0.25, -0.2) is 4.98 Å². The number of nitrogens with two attached hydrogens (primary N) is 1. The van der Waals surface area contributed by atoms with Crippen molar-refractivity contribution in [3.05, 3.63) is 23.9 Å². The summed E-state index contributed by atoms with van der Waals surface area (Å²) in [6.45, 7) is 0. The molecule has 1 aliphatic rings. The summed E-state index contributed by atoms with van der Waals surface area (Å²) in [4.78, 5) is 15.6. The number of carbonyl (C=O) groups excluding carboxylic acids is 1. The lowest BCUT2D eigenvalue weighted by molar-refractivity contribution is -0.143. The Balaban J connectivity index is 2.29. The van der Waals surface area contributed by atoms with E-state index >= 15 is 0 Å². The molecule has 1 saturated carbocycles. The number of ether oxygens (including phenoxy) is 2. The van der Waals surface area contributed by atoms with Crippen LogP contribution in [0.4, 0.5) is 0 Å². The third-order valence-corrected chi connectivity index (χ3v) is 3.36. The first-order valence-electron chi connectivity index (χ1n) is 5.48. The SMILES string of the molecule is COC(=O)C(N)C1(c2ccnc(OC)c2)CC1. The van der Waals surface area contributed by atoms with E-state index in [2.05, 4.69) is 4.98 Å². The monoisotopic (exact) mass is 236 g/mol. The number of carbonyl (C=O) groups is 1. The van der Waals surface area contributed by atoms with Gasteiger partial charge in [0, 0.05) is 17.7 Å². The molecule has 1 atom stereocenters. The normalized spacial score (nSPS) is 18.3. The van der Waals surface area contributed by atoms with Gasteiger partial charge in [0.2, 0.25) is 5.88 Å². The van der Waals surface area contributed by atoms with Crippen molar-refractivity contribution in [2.45, 2.75) is 24.3 Å². The van der Waals surface area contributed by atoms with Crippen molar-refractivity contribution in [2.75, 3.05) is 14.2 Å². The van der Waals surface area contributed by atoms with E-state index in [-0.39, 0.29) is 11.4 Å². The maximum atomic E-state index is 11.5. The van der Waals surface area contributed by atoms with Crippen LogP contribution in [0.2, 0.25) is 0 Å². The van der Waals surface area contributed by atoms with Gasteiger partial charge in [0.05, 0.1) is 14.2 Å². The Kier molecular flexibility index (Phi) is 3.02.